The Bertz CT molecular complexity index is 1030. The minimum absolute atomic E-state index is 0.0186. The molecule has 2 aromatic rings. The van der Waals surface area contributed by atoms with Crippen LogP contribution in [0.25, 0.3) is 10.9 Å². The van der Waals surface area contributed by atoms with Crippen molar-refractivity contribution in [2.45, 2.75) is 77.8 Å². The monoisotopic (exact) mass is 451 g/mol. The summed E-state index contributed by atoms with van der Waals surface area (Å²) < 4.78 is 0. The number of nitrogens with zero attached hydrogens (tertiary/aromatic N) is 1. The van der Waals surface area contributed by atoms with Crippen LogP contribution in [0.1, 0.15) is 65.0 Å². The fourth-order valence-corrected chi connectivity index (χ4v) is 5.14. The number of benzene rings is 1. The number of amides is 1. The second kappa shape index (κ2) is 10.2. The predicted octanol–water partition coefficient (Wildman–Crippen LogP) is 5.24. The summed E-state index contributed by atoms with van der Waals surface area (Å²) in [4.78, 5) is 18.9. The molecule has 1 amide bonds. The van der Waals surface area contributed by atoms with E-state index in [1.807, 2.05) is 13.2 Å². The second-order valence-electron chi connectivity index (χ2n) is 10.2. The normalized spacial score (nSPS) is 21.4. The van der Waals surface area contributed by atoms with Gasteiger partial charge in [0.2, 0.25) is 5.91 Å². The van der Waals surface area contributed by atoms with E-state index >= 15 is 0 Å². The number of nitrogens with one attached hydrogen (secondary N) is 2. The molecule has 0 radical (unpaired) electrons. The van der Waals surface area contributed by atoms with Crippen molar-refractivity contribution >= 4 is 22.5 Å². The molecule has 3 N–H and O–H groups in total. The predicted molar refractivity (Wildman–Crippen MR) is 139 cm³/mol. The van der Waals surface area contributed by atoms with Gasteiger partial charge in [-0.05, 0) is 56.2 Å². The van der Waals surface area contributed by atoms with Crippen molar-refractivity contribution in [2.24, 2.45) is 5.92 Å². The van der Waals surface area contributed by atoms with Gasteiger partial charge in [-0.1, -0.05) is 51.0 Å². The average molecular weight is 452 g/mol. The van der Waals surface area contributed by atoms with Crippen LogP contribution in [-0.4, -0.2) is 41.7 Å². The SMILES string of the molecule is C=C[C@@](C)(CCC=C(C)C)c1ccc2c3c(c[nH]c13)C[C@@H](CO)NC(=O)[C@H]([C@@H](C)CC)N2C. The number of likely N-dealkylation sites (N-methyl/N-ethyl adjacent to an activating group) is 1. The molecular weight excluding hydrogens is 410 g/mol. The van der Waals surface area contributed by atoms with Crippen molar-refractivity contribution in [3.8, 4) is 0 Å². The molecule has 1 aliphatic heterocycles. The third kappa shape index (κ3) is 4.89. The van der Waals surface area contributed by atoms with Crippen LogP contribution < -0.4 is 10.2 Å². The molecule has 1 aliphatic rings. The number of H-pyrrole nitrogens is 1. The first-order chi connectivity index (χ1) is 15.7. The number of aromatic amines is 1. The van der Waals surface area contributed by atoms with E-state index in [0.717, 1.165) is 41.4 Å². The standard InChI is InChI=1S/C28H41N3O2/c1-8-19(5)26-27(33)30-21(17-32)15-20-16-29-25-22(12-13-23(24(20)25)31(26)7)28(6,9-2)14-10-11-18(3)4/h9,11-13,16,19,21,26,29,32H,2,8,10,14-15,17H2,1,3-7H3,(H,30,33)/t19-,21-,26-,28-/m0/s1. The van der Waals surface area contributed by atoms with Crippen molar-refractivity contribution in [3.63, 3.8) is 0 Å². The summed E-state index contributed by atoms with van der Waals surface area (Å²) in [6.45, 7) is 14.9. The zero-order valence-electron chi connectivity index (χ0n) is 21.2. The molecular formula is C28H41N3O2. The van der Waals surface area contributed by atoms with Crippen LogP contribution in [0.5, 0.6) is 0 Å². The Kier molecular flexibility index (Phi) is 7.73. The summed E-state index contributed by atoms with van der Waals surface area (Å²) >= 11 is 0. The van der Waals surface area contributed by atoms with E-state index in [2.05, 4.69) is 80.7 Å². The minimum Gasteiger partial charge on any atom is -0.394 e. The topological polar surface area (TPSA) is 68.4 Å². The lowest BCUT2D eigenvalue weighted by Gasteiger charge is -2.34. The second-order valence-corrected chi connectivity index (χ2v) is 10.2. The number of aliphatic hydroxyl groups excluding tert-OH is 1. The van der Waals surface area contributed by atoms with Gasteiger partial charge in [-0.3, -0.25) is 4.79 Å². The van der Waals surface area contributed by atoms with Crippen molar-refractivity contribution in [3.05, 3.63) is 53.8 Å². The Morgan fingerprint density at radius 3 is 2.73 bits per heavy atom. The fourth-order valence-electron chi connectivity index (χ4n) is 5.14. The zero-order valence-corrected chi connectivity index (χ0v) is 21.2. The lowest BCUT2D eigenvalue weighted by atomic mass is 9.77. The highest BCUT2D eigenvalue weighted by Gasteiger charge is 2.34. The van der Waals surface area contributed by atoms with Gasteiger partial charge in [-0.2, -0.15) is 0 Å². The molecule has 1 aromatic heterocycles. The van der Waals surface area contributed by atoms with Crippen LogP contribution in [0.15, 0.2) is 42.6 Å². The van der Waals surface area contributed by atoms with Gasteiger partial charge in [0.15, 0.2) is 0 Å². The van der Waals surface area contributed by atoms with Gasteiger partial charge < -0.3 is 20.3 Å². The molecule has 1 aromatic carbocycles. The molecule has 2 heterocycles. The summed E-state index contributed by atoms with van der Waals surface area (Å²) in [7, 11) is 2.02. The molecule has 0 unspecified atom stereocenters. The van der Waals surface area contributed by atoms with E-state index in [1.165, 1.54) is 11.1 Å². The number of allylic oxidation sites excluding steroid dienone is 3. The fraction of sp³-hybridized carbons (Fsp3) is 0.536. The Morgan fingerprint density at radius 1 is 1.39 bits per heavy atom. The van der Waals surface area contributed by atoms with E-state index in [9.17, 15) is 9.90 Å². The third-order valence-corrected chi connectivity index (χ3v) is 7.46. The quantitative estimate of drug-likeness (QED) is 0.481. The number of anilines is 1. The Labute approximate surface area is 199 Å². The Hall–Kier alpha value is -2.53. The first kappa shape index (κ1) is 25.1. The Balaban J connectivity index is 2.20. The molecule has 5 nitrogen and oxygen atoms in total. The van der Waals surface area contributed by atoms with Crippen molar-refractivity contribution in [1.29, 1.82) is 0 Å². The van der Waals surface area contributed by atoms with Gasteiger partial charge in [-0.25, -0.2) is 0 Å². The van der Waals surface area contributed by atoms with Gasteiger partial charge in [-0.15, -0.1) is 6.58 Å². The number of aromatic nitrogens is 1. The number of hydrogen-bond acceptors (Lipinski definition) is 3. The lowest BCUT2D eigenvalue weighted by Crippen LogP contribution is -2.52. The van der Waals surface area contributed by atoms with Crippen LogP contribution in [0.2, 0.25) is 0 Å². The van der Waals surface area contributed by atoms with Crippen LogP contribution in [0, 0.1) is 5.92 Å². The van der Waals surface area contributed by atoms with Gasteiger partial charge in [0.1, 0.15) is 6.04 Å². The Morgan fingerprint density at radius 2 is 2.12 bits per heavy atom. The number of carbonyl (C=O) groups is 1. The van der Waals surface area contributed by atoms with Gasteiger partial charge in [0.25, 0.3) is 0 Å². The number of aliphatic hydroxyl groups is 1. The summed E-state index contributed by atoms with van der Waals surface area (Å²) in [6.07, 6.45) is 9.83. The van der Waals surface area contributed by atoms with E-state index in [4.69, 9.17) is 0 Å². The number of rotatable bonds is 8. The molecule has 33 heavy (non-hydrogen) atoms. The lowest BCUT2D eigenvalue weighted by molar-refractivity contribution is -0.124. The first-order valence-electron chi connectivity index (χ1n) is 12.2. The maximum absolute atomic E-state index is 13.2. The maximum atomic E-state index is 13.2. The largest absolute Gasteiger partial charge is 0.394 e. The molecule has 0 saturated heterocycles. The van der Waals surface area contributed by atoms with Crippen molar-refractivity contribution in [1.82, 2.24) is 10.3 Å². The molecule has 5 heteroatoms. The summed E-state index contributed by atoms with van der Waals surface area (Å²) in [6, 6.07) is 3.75. The van der Waals surface area contributed by atoms with Crippen LogP contribution in [-0.2, 0) is 16.6 Å². The summed E-state index contributed by atoms with van der Waals surface area (Å²) in [5.41, 5.74) is 5.63. The molecule has 0 saturated carbocycles. The number of hydrogen-bond donors (Lipinski definition) is 3. The first-order valence-corrected chi connectivity index (χ1v) is 12.2. The van der Waals surface area contributed by atoms with Crippen LogP contribution in [0.4, 0.5) is 5.69 Å². The van der Waals surface area contributed by atoms with Crippen molar-refractivity contribution in [2.75, 3.05) is 18.6 Å². The third-order valence-electron chi connectivity index (χ3n) is 7.46. The highest BCUT2D eigenvalue weighted by molar-refractivity contribution is 6.00. The summed E-state index contributed by atoms with van der Waals surface area (Å²) in [5.74, 6) is 0.155. The van der Waals surface area contributed by atoms with E-state index < -0.39 is 0 Å². The number of carbonyl (C=O) groups excluding carboxylic acids is 1. The molecule has 3 rings (SSSR count). The van der Waals surface area contributed by atoms with Gasteiger partial charge >= 0.3 is 0 Å². The van der Waals surface area contributed by atoms with E-state index in [1.54, 1.807) is 0 Å². The smallest absolute Gasteiger partial charge is 0.243 e. The van der Waals surface area contributed by atoms with Gasteiger partial charge in [0, 0.05) is 29.7 Å². The van der Waals surface area contributed by atoms with Gasteiger partial charge in [0.05, 0.1) is 18.2 Å². The van der Waals surface area contributed by atoms with E-state index in [0.29, 0.717) is 6.42 Å². The van der Waals surface area contributed by atoms with Crippen LogP contribution in [0.3, 0.4) is 0 Å². The highest BCUT2D eigenvalue weighted by Crippen LogP contribution is 2.41. The molecule has 0 bridgehead atoms. The van der Waals surface area contributed by atoms with E-state index in [-0.39, 0.29) is 35.9 Å². The molecule has 4 atom stereocenters. The minimum atomic E-state index is -0.311. The maximum Gasteiger partial charge on any atom is 0.243 e. The average Bonchev–Trinajstić information content (AvgIpc) is 3.21. The molecule has 0 fully saturated rings. The molecule has 180 valence electrons. The zero-order chi connectivity index (χ0) is 24.3. The molecule has 0 spiro atoms. The van der Waals surface area contributed by atoms with Crippen molar-refractivity contribution < 1.29 is 9.90 Å². The highest BCUT2D eigenvalue weighted by atomic mass is 16.3. The van der Waals surface area contributed by atoms with Crippen LogP contribution >= 0.6 is 0 Å². The molecule has 0 aliphatic carbocycles. The summed E-state index contributed by atoms with van der Waals surface area (Å²) in [5, 5.41) is 14.3.